The molecule has 1 aromatic rings. The third-order valence-electron chi connectivity index (χ3n) is 1.44. The first-order valence-electron chi connectivity index (χ1n) is 4.27. The summed E-state index contributed by atoms with van der Waals surface area (Å²) < 4.78 is 5.45. The fourth-order valence-electron chi connectivity index (χ4n) is 0.798. The lowest BCUT2D eigenvalue weighted by atomic mass is 10.2. The molecule has 1 radical (unpaired) electrons. The van der Waals surface area contributed by atoms with Crippen LogP contribution in [0.3, 0.4) is 0 Å². The summed E-state index contributed by atoms with van der Waals surface area (Å²) in [4.78, 5) is 0. The maximum absolute atomic E-state index is 9.03. The van der Waals surface area contributed by atoms with Crippen LogP contribution in [0.15, 0.2) is 24.3 Å². The molecule has 0 aliphatic carbocycles. The molecule has 0 heterocycles. The van der Waals surface area contributed by atoms with Gasteiger partial charge in [-0.05, 0) is 38.5 Å². The molecule has 1 N–H and O–H groups in total. The van der Waals surface area contributed by atoms with Crippen molar-refractivity contribution in [3.8, 4) is 5.75 Å². The second-order valence-electron chi connectivity index (χ2n) is 3.94. The smallest absolute Gasteiger partial charge is 0.115 e. The Morgan fingerprint density at radius 1 is 1.15 bits per heavy atom. The fourth-order valence-corrected chi connectivity index (χ4v) is 0.798. The Labute approximate surface area is 79.2 Å². The molecular weight excluding hydrogens is 164 g/mol. The average Bonchev–Trinajstić information content (AvgIpc) is 2.02. The molecule has 1 rings (SSSR count). The standard InChI is InChI=1S/C11H15O2/c1-11(2,3)13-8-9-4-6-10(12)7-5-9/h4-8,12H,1-3H3. The number of phenols is 1. The lowest BCUT2D eigenvalue weighted by Gasteiger charge is -2.18. The van der Waals surface area contributed by atoms with Crippen LogP contribution in [0.4, 0.5) is 0 Å². The van der Waals surface area contributed by atoms with E-state index in [9.17, 15) is 0 Å². The number of ether oxygens (including phenoxy) is 1. The molecule has 0 saturated carbocycles. The monoisotopic (exact) mass is 179 g/mol. The second kappa shape index (κ2) is 3.79. The molecule has 0 atom stereocenters. The number of hydrogen-bond acceptors (Lipinski definition) is 2. The number of rotatable bonds is 2. The minimum atomic E-state index is -0.169. The molecule has 0 unspecified atom stereocenters. The lowest BCUT2D eigenvalue weighted by molar-refractivity contribution is 0.0511. The summed E-state index contributed by atoms with van der Waals surface area (Å²) in [5.41, 5.74) is 0.783. The van der Waals surface area contributed by atoms with Crippen molar-refractivity contribution in [1.82, 2.24) is 0 Å². The summed E-state index contributed by atoms with van der Waals surface area (Å²) in [5.74, 6) is 0.271. The Hall–Kier alpha value is -1.02. The highest BCUT2D eigenvalue weighted by atomic mass is 16.5. The lowest BCUT2D eigenvalue weighted by Crippen LogP contribution is -2.17. The molecular formula is C11H15O2. The Kier molecular flexibility index (Phi) is 2.94. The van der Waals surface area contributed by atoms with E-state index in [1.807, 2.05) is 20.8 Å². The first-order chi connectivity index (χ1) is 5.97. The van der Waals surface area contributed by atoms with Crippen molar-refractivity contribution in [1.29, 1.82) is 0 Å². The summed E-state index contributed by atoms with van der Waals surface area (Å²) >= 11 is 0. The molecule has 0 amide bonds. The van der Waals surface area contributed by atoms with Crippen LogP contribution in [0.5, 0.6) is 5.75 Å². The van der Waals surface area contributed by atoms with Gasteiger partial charge in [-0.2, -0.15) is 0 Å². The van der Waals surface area contributed by atoms with E-state index in [-0.39, 0.29) is 11.4 Å². The van der Waals surface area contributed by atoms with Crippen LogP contribution in [0, 0.1) is 6.61 Å². The molecule has 2 heteroatoms. The van der Waals surface area contributed by atoms with Crippen LogP contribution in [0.2, 0.25) is 0 Å². The minimum Gasteiger partial charge on any atom is -0.508 e. The van der Waals surface area contributed by atoms with Crippen LogP contribution in [-0.2, 0) is 4.74 Å². The van der Waals surface area contributed by atoms with E-state index in [0.29, 0.717) is 0 Å². The van der Waals surface area contributed by atoms with Gasteiger partial charge in [0.15, 0.2) is 0 Å². The predicted molar refractivity (Wildman–Crippen MR) is 52.3 cm³/mol. The van der Waals surface area contributed by atoms with E-state index in [1.54, 1.807) is 30.9 Å². The van der Waals surface area contributed by atoms with Gasteiger partial charge in [0.2, 0.25) is 0 Å². The van der Waals surface area contributed by atoms with E-state index in [2.05, 4.69) is 0 Å². The summed E-state index contributed by atoms with van der Waals surface area (Å²) in [7, 11) is 0. The Balaban J connectivity index is 2.51. The van der Waals surface area contributed by atoms with Crippen molar-refractivity contribution >= 4 is 0 Å². The normalized spacial score (nSPS) is 11.6. The third-order valence-corrected chi connectivity index (χ3v) is 1.44. The van der Waals surface area contributed by atoms with Crippen LogP contribution in [0.1, 0.15) is 26.3 Å². The van der Waals surface area contributed by atoms with Crippen molar-refractivity contribution in [3.05, 3.63) is 36.4 Å². The van der Waals surface area contributed by atoms with Crippen LogP contribution < -0.4 is 0 Å². The second-order valence-corrected chi connectivity index (χ2v) is 3.94. The molecule has 0 aliphatic heterocycles. The van der Waals surface area contributed by atoms with Crippen molar-refractivity contribution in [2.75, 3.05) is 0 Å². The van der Waals surface area contributed by atoms with Crippen molar-refractivity contribution in [3.63, 3.8) is 0 Å². The maximum Gasteiger partial charge on any atom is 0.115 e. The van der Waals surface area contributed by atoms with E-state index in [0.717, 1.165) is 5.56 Å². The quantitative estimate of drug-likeness (QED) is 0.756. The van der Waals surface area contributed by atoms with Gasteiger partial charge in [0, 0.05) is 0 Å². The third kappa shape index (κ3) is 3.95. The van der Waals surface area contributed by atoms with Crippen molar-refractivity contribution in [2.45, 2.75) is 26.4 Å². The Bertz CT molecular complexity index is 256. The highest BCUT2D eigenvalue weighted by molar-refractivity contribution is 5.28. The van der Waals surface area contributed by atoms with E-state index in [1.165, 1.54) is 0 Å². The SMILES string of the molecule is CC(C)(C)O[CH]c1ccc(O)cc1. The molecule has 0 aromatic heterocycles. The van der Waals surface area contributed by atoms with Crippen molar-refractivity contribution < 1.29 is 9.84 Å². The predicted octanol–water partition coefficient (Wildman–Crippen LogP) is 2.72. The van der Waals surface area contributed by atoms with E-state index >= 15 is 0 Å². The van der Waals surface area contributed by atoms with Gasteiger partial charge in [0.25, 0.3) is 0 Å². The van der Waals surface area contributed by atoms with Crippen molar-refractivity contribution in [2.24, 2.45) is 0 Å². The number of phenolic OH excluding ortho intramolecular Hbond substituents is 1. The average molecular weight is 179 g/mol. The van der Waals surface area contributed by atoms with Crippen LogP contribution in [-0.4, -0.2) is 10.7 Å². The summed E-state index contributed by atoms with van der Waals surface area (Å²) in [6, 6.07) is 6.89. The first-order valence-corrected chi connectivity index (χ1v) is 4.27. The largest absolute Gasteiger partial charge is 0.508 e. The zero-order chi connectivity index (χ0) is 9.90. The van der Waals surface area contributed by atoms with Crippen LogP contribution >= 0.6 is 0 Å². The number of benzene rings is 1. The molecule has 2 nitrogen and oxygen atoms in total. The topological polar surface area (TPSA) is 29.5 Å². The summed E-state index contributed by atoms with van der Waals surface area (Å²) in [5, 5.41) is 9.03. The molecule has 1 aromatic carbocycles. The van der Waals surface area contributed by atoms with Gasteiger partial charge in [0.05, 0.1) is 5.60 Å². The van der Waals surface area contributed by atoms with Gasteiger partial charge < -0.3 is 9.84 Å². The van der Waals surface area contributed by atoms with Gasteiger partial charge >= 0.3 is 0 Å². The molecule has 13 heavy (non-hydrogen) atoms. The fraction of sp³-hybridized carbons (Fsp3) is 0.364. The highest BCUT2D eigenvalue weighted by Crippen LogP contribution is 2.15. The molecule has 0 spiro atoms. The Morgan fingerprint density at radius 3 is 2.15 bits per heavy atom. The zero-order valence-corrected chi connectivity index (χ0v) is 8.24. The van der Waals surface area contributed by atoms with Gasteiger partial charge in [-0.1, -0.05) is 12.1 Å². The summed E-state index contributed by atoms with van der Waals surface area (Å²) in [6.07, 6.45) is 0. The molecule has 0 aliphatic rings. The number of hydrogen-bond donors (Lipinski definition) is 1. The highest BCUT2D eigenvalue weighted by Gasteiger charge is 2.10. The van der Waals surface area contributed by atoms with Gasteiger partial charge in [-0.25, -0.2) is 0 Å². The first kappa shape index (κ1) is 10.1. The van der Waals surface area contributed by atoms with Gasteiger partial charge in [-0.3, -0.25) is 0 Å². The zero-order valence-electron chi connectivity index (χ0n) is 8.24. The molecule has 0 saturated heterocycles. The van der Waals surface area contributed by atoms with Gasteiger partial charge in [-0.15, -0.1) is 0 Å². The molecule has 0 fully saturated rings. The summed E-state index contributed by atoms with van der Waals surface area (Å²) in [6.45, 7) is 7.66. The van der Waals surface area contributed by atoms with Crippen LogP contribution in [0.25, 0.3) is 0 Å². The van der Waals surface area contributed by atoms with Gasteiger partial charge in [0.1, 0.15) is 12.4 Å². The van der Waals surface area contributed by atoms with E-state index < -0.39 is 0 Å². The van der Waals surface area contributed by atoms with E-state index in [4.69, 9.17) is 9.84 Å². The Morgan fingerprint density at radius 2 is 1.69 bits per heavy atom. The number of aromatic hydroxyl groups is 1. The maximum atomic E-state index is 9.03. The molecule has 71 valence electrons. The minimum absolute atomic E-state index is 0.169. The molecule has 0 bridgehead atoms.